The summed E-state index contributed by atoms with van der Waals surface area (Å²) in [6, 6.07) is 5.39. The molecule has 29 heavy (non-hydrogen) atoms. The maximum absolute atomic E-state index is 14.5. The fourth-order valence-corrected chi connectivity index (χ4v) is 3.81. The number of amides is 1. The highest BCUT2D eigenvalue weighted by Gasteiger charge is 2.30. The molecule has 1 unspecified atom stereocenters. The van der Waals surface area contributed by atoms with E-state index in [9.17, 15) is 13.6 Å². The number of carbonyl (C=O) groups excluding carboxylic acids is 1. The molecule has 3 heterocycles. The van der Waals surface area contributed by atoms with Crippen molar-refractivity contribution < 1.29 is 23.0 Å². The van der Waals surface area contributed by atoms with E-state index in [0.717, 1.165) is 31.6 Å². The molecule has 0 spiro atoms. The van der Waals surface area contributed by atoms with Gasteiger partial charge in [0.05, 0.1) is 17.7 Å². The van der Waals surface area contributed by atoms with Crippen molar-refractivity contribution in [2.75, 3.05) is 19.7 Å². The van der Waals surface area contributed by atoms with Crippen molar-refractivity contribution in [3.05, 3.63) is 52.9 Å². The predicted octanol–water partition coefficient (Wildman–Crippen LogP) is 3.90. The molecule has 2 aliphatic heterocycles. The number of rotatable bonds is 3. The van der Waals surface area contributed by atoms with E-state index >= 15 is 0 Å². The summed E-state index contributed by atoms with van der Waals surface area (Å²) in [6.45, 7) is 3.56. The minimum absolute atomic E-state index is 0.0733. The number of ether oxygens (including phenoxy) is 2. The lowest BCUT2D eigenvalue weighted by atomic mass is 10.0. The molecule has 2 aliphatic rings. The molecule has 5 rings (SSSR count). The van der Waals surface area contributed by atoms with Crippen molar-refractivity contribution >= 4 is 16.9 Å². The van der Waals surface area contributed by atoms with Gasteiger partial charge in [-0.2, -0.15) is 0 Å². The Labute approximate surface area is 165 Å². The molecular formula is C21H19F2N3O3. The first-order chi connectivity index (χ1) is 14.0. The van der Waals surface area contributed by atoms with Crippen molar-refractivity contribution in [2.45, 2.75) is 25.9 Å². The van der Waals surface area contributed by atoms with Crippen LogP contribution in [-0.2, 0) is 0 Å². The van der Waals surface area contributed by atoms with E-state index in [-0.39, 0.29) is 23.8 Å². The lowest BCUT2D eigenvalue weighted by Crippen LogP contribution is -2.42. The zero-order chi connectivity index (χ0) is 20.1. The van der Waals surface area contributed by atoms with Gasteiger partial charge in [-0.3, -0.25) is 4.79 Å². The second-order valence-electron chi connectivity index (χ2n) is 7.38. The van der Waals surface area contributed by atoms with Crippen LogP contribution in [0.25, 0.3) is 11.0 Å². The molecule has 150 valence electrons. The molecule has 0 radical (unpaired) electrons. The molecule has 0 aliphatic carbocycles. The summed E-state index contributed by atoms with van der Waals surface area (Å²) in [4.78, 5) is 22.1. The zero-order valence-electron chi connectivity index (χ0n) is 15.8. The average Bonchev–Trinajstić information content (AvgIpc) is 3.00. The monoisotopic (exact) mass is 399 g/mol. The van der Waals surface area contributed by atoms with Gasteiger partial charge < -0.3 is 19.4 Å². The summed E-state index contributed by atoms with van der Waals surface area (Å²) in [5.41, 5.74) is 1.91. The third-order valence-corrected chi connectivity index (χ3v) is 5.35. The van der Waals surface area contributed by atoms with Crippen LogP contribution in [0.2, 0.25) is 0 Å². The number of carbonyl (C=O) groups is 1. The highest BCUT2D eigenvalue weighted by atomic mass is 19.1. The summed E-state index contributed by atoms with van der Waals surface area (Å²) < 4.78 is 39.6. The van der Waals surface area contributed by atoms with Crippen LogP contribution in [0.4, 0.5) is 8.78 Å². The van der Waals surface area contributed by atoms with Crippen molar-refractivity contribution in [3.8, 4) is 11.5 Å². The average molecular weight is 399 g/mol. The van der Waals surface area contributed by atoms with E-state index in [2.05, 4.69) is 9.97 Å². The smallest absolute Gasteiger partial charge is 0.254 e. The summed E-state index contributed by atoms with van der Waals surface area (Å²) in [6.07, 6.45) is 0.717. The highest BCUT2D eigenvalue weighted by Crippen LogP contribution is 2.39. The van der Waals surface area contributed by atoms with Gasteiger partial charge >= 0.3 is 0 Å². The van der Waals surface area contributed by atoms with Crippen molar-refractivity contribution in [1.29, 1.82) is 0 Å². The Morgan fingerprint density at radius 3 is 2.86 bits per heavy atom. The Balaban J connectivity index is 1.56. The lowest BCUT2D eigenvalue weighted by Gasteiger charge is -2.31. The number of nitrogens with one attached hydrogen (secondary N) is 1. The third-order valence-electron chi connectivity index (χ3n) is 5.35. The van der Waals surface area contributed by atoms with E-state index in [4.69, 9.17) is 9.47 Å². The van der Waals surface area contributed by atoms with Crippen LogP contribution < -0.4 is 9.47 Å². The van der Waals surface area contributed by atoms with Crippen molar-refractivity contribution in [1.82, 2.24) is 14.9 Å². The molecular weight excluding hydrogens is 380 g/mol. The van der Waals surface area contributed by atoms with Gasteiger partial charge in [-0.15, -0.1) is 0 Å². The Kier molecular flexibility index (Phi) is 4.15. The number of benzene rings is 2. The van der Waals surface area contributed by atoms with Gasteiger partial charge in [0.25, 0.3) is 5.91 Å². The van der Waals surface area contributed by atoms with Crippen molar-refractivity contribution in [2.24, 2.45) is 0 Å². The molecule has 0 saturated carbocycles. The Morgan fingerprint density at radius 1 is 1.28 bits per heavy atom. The van der Waals surface area contributed by atoms with Crippen LogP contribution in [0.1, 0.15) is 40.7 Å². The number of H-pyrrole nitrogens is 1. The summed E-state index contributed by atoms with van der Waals surface area (Å²) >= 11 is 0. The highest BCUT2D eigenvalue weighted by molar-refractivity contribution is 5.99. The largest absolute Gasteiger partial charge is 0.493 e. The number of hydrogen-bond donors (Lipinski definition) is 1. The second kappa shape index (κ2) is 6.72. The number of likely N-dealkylation sites (tertiary alicyclic amines) is 1. The van der Waals surface area contributed by atoms with Gasteiger partial charge in [-0.25, -0.2) is 13.8 Å². The Hall–Kier alpha value is -3.16. The van der Waals surface area contributed by atoms with Crippen LogP contribution in [0.15, 0.2) is 24.3 Å². The maximum atomic E-state index is 14.5. The summed E-state index contributed by atoms with van der Waals surface area (Å²) in [5.74, 6) is -0.283. The number of aromatic nitrogens is 2. The number of fused-ring (bicyclic) bond motifs is 2. The molecule has 1 atom stereocenters. The molecule has 1 fully saturated rings. The van der Waals surface area contributed by atoms with Gasteiger partial charge in [0.15, 0.2) is 0 Å². The molecule has 0 bridgehead atoms. The Morgan fingerprint density at radius 2 is 2.10 bits per heavy atom. The predicted molar refractivity (Wildman–Crippen MR) is 101 cm³/mol. The number of aromatic amines is 1. The standard InChI is InChI=1S/C21H19F2N3O3/c1-11-24-15-7-12(21(27)26-4-2-5-26)8-18(20(15)25-11)29-16-3-6-28-17-10-13(22)9-14(23)19(16)17/h7-10,16H,2-6H2,1H3,(H,24,25). The van der Waals surface area contributed by atoms with E-state index in [1.165, 1.54) is 0 Å². The summed E-state index contributed by atoms with van der Waals surface area (Å²) in [5, 5.41) is 0. The molecule has 2 aromatic carbocycles. The fourth-order valence-electron chi connectivity index (χ4n) is 3.81. The fraction of sp³-hybridized carbons (Fsp3) is 0.333. The Bertz CT molecular complexity index is 1120. The SMILES string of the molecule is Cc1nc2c(OC3CCOc4cc(F)cc(F)c43)cc(C(=O)N3CCC3)cc2[nH]1. The normalized spacial score (nSPS) is 18.2. The lowest BCUT2D eigenvalue weighted by molar-refractivity contribution is 0.0650. The number of nitrogens with zero attached hydrogens (tertiary/aromatic N) is 2. The van der Waals surface area contributed by atoms with E-state index in [1.807, 2.05) is 6.92 Å². The topological polar surface area (TPSA) is 67.5 Å². The van der Waals surface area contributed by atoms with E-state index < -0.39 is 17.7 Å². The molecule has 6 nitrogen and oxygen atoms in total. The number of hydrogen-bond acceptors (Lipinski definition) is 4. The van der Waals surface area contributed by atoms with Gasteiger partial charge in [0.1, 0.15) is 40.6 Å². The molecule has 8 heteroatoms. The molecule has 1 aromatic heterocycles. The van der Waals surface area contributed by atoms with Gasteiger partial charge in [-0.1, -0.05) is 0 Å². The van der Waals surface area contributed by atoms with E-state index in [0.29, 0.717) is 34.6 Å². The number of halogens is 2. The molecule has 1 amide bonds. The van der Waals surface area contributed by atoms with Gasteiger partial charge in [0.2, 0.25) is 0 Å². The van der Waals surface area contributed by atoms with Gasteiger partial charge in [-0.05, 0) is 25.5 Å². The maximum Gasteiger partial charge on any atom is 0.254 e. The van der Waals surface area contributed by atoms with Crippen LogP contribution >= 0.6 is 0 Å². The second-order valence-corrected chi connectivity index (χ2v) is 7.38. The van der Waals surface area contributed by atoms with Crippen LogP contribution in [-0.4, -0.2) is 40.5 Å². The molecule has 1 N–H and O–H groups in total. The first-order valence-electron chi connectivity index (χ1n) is 9.57. The minimum Gasteiger partial charge on any atom is -0.493 e. The first-order valence-corrected chi connectivity index (χ1v) is 9.57. The quantitative estimate of drug-likeness (QED) is 0.726. The first kappa shape index (κ1) is 17.9. The van der Waals surface area contributed by atoms with Crippen molar-refractivity contribution in [3.63, 3.8) is 0 Å². The zero-order valence-corrected chi connectivity index (χ0v) is 15.8. The number of aryl methyl sites for hydroxylation is 1. The molecule has 1 saturated heterocycles. The minimum atomic E-state index is -0.716. The third kappa shape index (κ3) is 3.08. The van der Waals surface area contributed by atoms with Crippen LogP contribution in [0.5, 0.6) is 11.5 Å². The summed E-state index contributed by atoms with van der Waals surface area (Å²) in [7, 11) is 0. The van der Waals surface area contributed by atoms with Crippen LogP contribution in [0.3, 0.4) is 0 Å². The molecule has 3 aromatic rings. The van der Waals surface area contributed by atoms with Gasteiger partial charge in [0, 0.05) is 37.2 Å². The van der Waals surface area contributed by atoms with E-state index in [1.54, 1.807) is 17.0 Å². The number of imidazole rings is 1. The van der Waals surface area contributed by atoms with Crippen LogP contribution in [0, 0.1) is 18.6 Å².